The number of pyridine rings is 1. The van der Waals surface area contributed by atoms with Gasteiger partial charge in [-0.2, -0.15) is 5.26 Å². The van der Waals surface area contributed by atoms with Gasteiger partial charge in [0, 0.05) is 42.7 Å². The molecule has 36 heavy (non-hydrogen) atoms. The molecule has 0 radical (unpaired) electrons. The first-order valence-electron chi connectivity index (χ1n) is 12.2. The summed E-state index contributed by atoms with van der Waals surface area (Å²) >= 11 is 6.34. The van der Waals surface area contributed by atoms with Crippen LogP contribution in [0.25, 0.3) is 6.08 Å². The number of hydrogen-bond donors (Lipinski definition) is 1. The van der Waals surface area contributed by atoms with E-state index in [9.17, 15) is 19.6 Å². The lowest BCUT2D eigenvalue weighted by Gasteiger charge is -2.44. The molecule has 2 aromatic rings. The van der Waals surface area contributed by atoms with Gasteiger partial charge in [0.15, 0.2) is 0 Å². The molecule has 1 aromatic heterocycles. The molecule has 1 aliphatic carbocycles. The van der Waals surface area contributed by atoms with Crippen LogP contribution >= 0.6 is 11.6 Å². The Labute approximate surface area is 216 Å². The Morgan fingerprint density at radius 1 is 1.17 bits per heavy atom. The first-order chi connectivity index (χ1) is 17.0. The van der Waals surface area contributed by atoms with E-state index in [0.29, 0.717) is 23.8 Å². The van der Waals surface area contributed by atoms with Crippen LogP contribution < -0.4 is 10.9 Å². The molecule has 4 rings (SSSR count). The van der Waals surface area contributed by atoms with E-state index in [4.69, 9.17) is 11.6 Å². The van der Waals surface area contributed by atoms with Crippen LogP contribution in [0.3, 0.4) is 0 Å². The number of aromatic nitrogens is 1. The van der Waals surface area contributed by atoms with Gasteiger partial charge in [-0.3, -0.25) is 14.4 Å². The van der Waals surface area contributed by atoms with Gasteiger partial charge < -0.3 is 14.8 Å². The maximum atomic E-state index is 13.0. The summed E-state index contributed by atoms with van der Waals surface area (Å²) in [5.74, 6) is -0.0527. The molecule has 0 bridgehead atoms. The Morgan fingerprint density at radius 2 is 1.83 bits per heavy atom. The van der Waals surface area contributed by atoms with Gasteiger partial charge in [-0.25, -0.2) is 0 Å². The van der Waals surface area contributed by atoms with E-state index in [1.165, 1.54) is 29.3 Å². The molecule has 2 amide bonds. The van der Waals surface area contributed by atoms with Crippen molar-refractivity contribution >= 4 is 35.2 Å². The van der Waals surface area contributed by atoms with Gasteiger partial charge in [0.25, 0.3) is 11.5 Å². The van der Waals surface area contributed by atoms with Crippen molar-refractivity contribution in [3.63, 3.8) is 0 Å². The van der Waals surface area contributed by atoms with E-state index in [1.807, 2.05) is 24.0 Å². The average Bonchev–Trinajstić information content (AvgIpc) is 2.81. The molecule has 1 aromatic carbocycles. The summed E-state index contributed by atoms with van der Waals surface area (Å²) < 4.78 is 1.20. The number of benzene rings is 1. The Morgan fingerprint density at radius 3 is 2.44 bits per heavy atom. The third kappa shape index (κ3) is 5.39. The standard InChI is InChI=1S/C28H31ClN4O3/c1-17-9-22(29)11-19(25(17)31-26(35)20-12-23(16-30)32(4)24(34)13-20)10-18-5-7-33(8-6-18)27(36)21-14-28(2,3)15-21/h9-13,21H,5-8,14-15H2,1-4H3,(H,31,35). The van der Waals surface area contributed by atoms with E-state index >= 15 is 0 Å². The van der Waals surface area contributed by atoms with Crippen LogP contribution in [-0.4, -0.2) is 34.4 Å². The first-order valence-corrected chi connectivity index (χ1v) is 12.6. The van der Waals surface area contributed by atoms with Crippen molar-refractivity contribution in [2.24, 2.45) is 18.4 Å². The zero-order chi connectivity index (χ0) is 26.2. The molecule has 1 aliphatic heterocycles. The second-order valence-electron chi connectivity index (χ2n) is 10.7. The maximum absolute atomic E-state index is 13.0. The summed E-state index contributed by atoms with van der Waals surface area (Å²) in [6, 6.07) is 8.12. The number of rotatable bonds is 4. The van der Waals surface area contributed by atoms with Crippen LogP contribution in [0.1, 0.15) is 66.7 Å². The molecule has 0 unspecified atom stereocenters. The van der Waals surface area contributed by atoms with Crippen molar-refractivity contribution < 1.29 is 9.59 Å². The molecule has 1 saturated carbocycles. The monoisotopic (exact) mass is 506 g/mol. The number of carbonyl (C=O) groups is 2. The van der Waals surface area contributed by atoms with Crippen molar-refractivity contribution in [2.75, 3.05) is 18.4 Å². The summed E-state index contributed by atoms with van der Waals surface area (Å²) in [5.41, 5.74) is 3.41. The van der Waals surface area contributed by atoms with E-state index in [0.717, 1.165) is 36.8 Å². The van der Waals surface area contributed by atoms with E-state index < -0.39 is 11.5 Å². The second kappa shape index (κ2) is 9.94. The smallest absolute Gasteiger partial charge is 0.255 e. The molecule has 7 nitrogen and oxygen atoms in total. The molecular weight excluding hydrogens is 476 g/mol. The number of hydrogen-bond acceptors (Lipinski definition) is 4. The number of amides is 2. The minimum absolute atomic E-state index is 0.106. The van der Waals surface area contributed by atoms with Gasteiger partial charge in [-0.05, 0) is 67.3 Å². The zero-order valence-corrected chi connectivity index (χ0v) is 21.9. The van der Waals surface area contributed by atoms with Crippen molar-refractivity contribution in [3.05, 3.63) is 67.6 Å². The summed E-state index contributed by atoms with van der Waals surface area (Å²) in [7, 11) is 1.49. The van der Waals surface area contributed by atoms with Crippen molar-refractivity contribution in [1.29, 1.82) is 5.26 Å². The third-order valence-corrected chi connectivity index (χ3v) is 7.45. The number of nitriles is 1. The van der Waals surface area contributed by atoms with Crippen LogP contribution in [0.2, 0.25) is 5.02 Å². The molecule has 2 aliphatic rings. The Balaban J connectivity index is 1.52. The van der Waals surface area contributed by atoms with Crippen molar-refractivity contribution in [3.8, 4) is 6.07 Å². The van der Waals surface area contributed by atoms with Crippen LogP contribution in [0, 0.1) is 29.6 Å². The van der Waals surface area contributed by atoms with Gasteiger partial charge >= 0.3 is 0 Å². The molecule has 188 valence electrons. The van der Waals surface area contributed by atoms with Gasteiger partial charge in [-0.15, -0.1) is 0 Å². The topological polar surface area (TPSA) is 95.2 Å². The number of nitrogens with one attached hydrogen (secondary N) is 1. The van der Waals surface area contributed by atoms with Crippen molar-refractivity contribution in [1.82, 2.24) is 9.47 Å². The van der Waals surface area contributed by atoms with E-state index in [-0.39, 0.29) is 28.5 Å². The average molecular weight is 507 g/mol. The Hall–Kier alpha value is -3.37. The number of aryl methyl sites for hydroxylation is 1. The molecule has 2 heterocycles. The summed E-state index contributed by atoms with van der Waals surface area (Å²) in [4.78, 5) is 40.0. The molecule has 0 spiro atoms. The predicted molar refractivity (Wildman–Crippen MR) is 141 cm³/mol. The Kier molecular flexibility index (Phi) is 7.10. The number of likely N-dealkylation sites (tertiary alicyclic amines) is 1. The van der Waals surface area contributed by atoms with Crippen LogP contribution in [-0.2, 0) is 11.8 Å². The number of nitrogens with zero attached hydrogens (tertiary/aromatic N) is 3. The SMILES string of the molecule is Cc1cc(Cl)cc(C=C2CCN(C(=O)C3CC(C)(C)C3)CC2)c1NC(=O)c1cc(C#N)n(C)c(=O)c1. The van der Waals surface area contributed by atoms with Gasteiger partial charge in [0.05, 0.1) is 5.69 Å². The van der Waals surface area contributed by atoms with E-state index in [1.54, 1.807) is 12.1 Å². The molecule has 0 atom stereocenters. The molecule has 1 saturated heterocycles. The predicted octanol–water partition coefficient (Wildman–Crippen LogP) is 4.91. The second-order valence-corrected chi connectivity index (χ2v) is 11.1. The van der Waals surface area contributed by atoms with Crippen molar-refractivity contribution in [2.45, 2.75) is 46.5 Å². The quantitative estimate of drug-likeness (QED) is 0.637. The summed E-state index contributed by atoms with van der Waals surface area (Å²) in [6.45, 7) is 7.64. The minimum Gasteiger partial charge on any atom is -0.342 e. The number of halogens is 1. The van der Waals surface area contributed by atoms with Crippen LogP contribution in [0.15, 0.2) is 34.6 Å². The molecule has 2 fully saturated rings. The fourth-order valence-corrected chi connectivity index (χ4v) is 5.48. The highest BCUT2D eigenvalue weighted by Crippen LogP contribution is 2.45. The number of piperidine rings is 1. The highest BCUT2D eigenvalue weighted by molar-refractivity contribution is 6.31. The van der Waals surface area contributed by atoms with Gasteiger partial charge in [-0.1, -0.05) is 37.1 Å². The Bertz CT molecular complexity index is 1350. The highest BCUT2D eigenvalue weighted by Gasteiger charge is 2.42. The lowest BCUT2D eigenvalue weighted by atomic mass is 9.64. The molecule has 1 N–H and O–H groups in total. The zero-order valence-electron chi connectivity index (χ0n) is 21.2. The van der Waals surface area contributed by atoms with Crippen LogP contribution in [0.5, 0.6) is 0 Å². The number of carbonyl (C=O) groups excluding carboxylic acids is 2. The first kappa shape index (κ1) is 25.7. The lowest BCUT2D eigenvalue weighted by Crippen LogP contribution is -2.46. The van der Waals surface area contributed by atoms with Gasteiger partial charge in [0.1, 0.15) is 11.8 Å². The fourth-order valence-electron chi connectivity index (χ4n) is 5.20. The number of anilines is 1. The normalized spacial score (nSPS) is 17.2. The summed E-state index contributed by atoms with van der Waals surface area (Å²) in [6.07, 6.45) is 5.48. The largest absolute Gasteiger partial charge is 0.342 e. The maximum Gasteiger partial charge on any atom is 0.255 e. The highest BCUT2D eigenvalue weighted by atomic mass is 35.5. The van der Waals surface area contributed by atoms with Crippen LogP contribution in [0.4, 0.5) is 5.69 Å². The molecule has 8 heteroatoms. The summed E-state index contributed by atoms with van der Waals surface area (Å²) in [5, 5.41) is 12.7. The molecular formula is C28H31ClN4O3. The minimum atomic E-state index is -0.474. The fraction of sp³-hybridized carbons (Fsp3) is 0.429. The third-order valence-electron chi connectivity index (χ3n) is 7.23. The van der Waals surface area contributed by atoms with Gasteiger partial charge in [0.2, 0.25) is 5.91 Å². The lowest BCUT2D eigenvalue weighted by molar-refractivity contribution is -0.142. The van der Waals surface area contributed by atoms with E-state index in [2.05, 4.69) is 19.2 Å².